The summed E-state index contributed by atoms with van der Waals surface area (Å²) in [5, 5.41) is 8.39. The fourth-order valence-corrected chi connectivity index (χ4v) is 4.13. The van der Waals surface area contributed by atoms with Gasteiger partial charge in [-0.1, -0.05) is 30.3 Å². The van der Waals surface area contributed by atoms with Crippen LogP contribution < -0.4 is 14.8 Å². The average molecular weight is 472 g/mol. The summed E-state index contributed by atoms with van der Waals surface area (Å²) < 4.78 is 18.5. The molecule has 0 radical (unpaired) electrons. The molecule has 1 aliphatic heterocycles. The predicted octanol–water partition coefficient (Wildman–Crippen LogP) is 3.64. The van der Waals surface area contributed by atoms with Crippen molar-refractivity contribution >= 4 is 22.8 Å². The van der Waals surface area contributed by atoms with E-state index in [2.05, 4.69) is 10.4 Å². The first-order valence-electron chi connectivity index (χ1n) is 11.4. The van der Waals surface area contributed by atoms with Crippen LogP contribution in [-0.2, 0) is 17.7 Å². The standard InChI is InChI=1S/C27H25N3O5/c1-33-27(32)22-7-3-2-6-18(22)12-13-28-26(31)19-10-11-23-20(14-19)15-30(29-23)16-21-17-34-24-8-4-5-9-25(24)35-21/h2-11,14-15,21H,12-13,16-17H2,1H3,(H,28,31). The molecule has 1 amide bonds. The minimum Gasteiger partial charge on any atom is -0.486 e. The molecule has 3 aromatic carbocycles. The van der Waals surface area contributed by atoms with Crippen LogP contribution >= 0.6 is 0 Å². The lowest BCUT2D eigenvalue weighted by molar-refractivity contribution is 0.0599. The number of esters is 1. The number of nitrogens with zero attached hydrogens (tertiary/aromatic N) is 2. The number of hydrogen-bond acceptors (Lipinski definition) is 6. The van der Waals surface area contributed by atoms with Crippen LogP contribution in [0.1, 0.15) is 26.3 Å². The Morgan fingerprint density at radius 2 is 1.89 bits per heavy atom. The maximum atomic E-state index is 12.7. The largest absolute Gasteiger partial charge is 0.486 e. The van der Waals surface area contributed by atoms with E-state index >= 15 is 0 Å². The summed E-state index contributed by atoms with van der Waals surface area (Å²) in [5.41, 5.74) is 2.68. The Morgan fingerprint density at radius 1 is 1.09 bits per heavy atom. The van der Waals surface area contributed by atoms with Crippen LogP contribution in [0.2, 0.25) is 0 Å². The Kier molecular flexibility index (Phi) is 6.34. The van der Waals surface area contributed by atoms with Crippen molar-refractivity contribution in [1.29, 1.82) is 0 Å². The van der Waals surface area contributed by atoms with Crippen molar-refractivity contribution in [1.82, 2.24) is 15.1 Å². The second-order valence-corrected chi connectivity index (χ2v) is 8.28. The van der Waals surface area contributed by atoms with E-state index in [-0.39, 0.29) is 18.0 Å². The normalized spacial score (nSPS) is 14.5. The zero-order valence-corrected chi connectivity index (χ0v) is 19.3. The first-order chi connectivity index (χ1) is 17.1. The van der Waals surface area contributed by atoms with Gasteiger partial charge in [-0.3, -0.25) is 9.48 Å². The van der Waals surface area contributed by atoms with Gasteiger partial charge in [0.25, 0.3) is 5.91 Å². The third-order valence-corrected chi connectivity index (χ3v) is 5.87. The van der Waals surface area contributed by atoms with Gasteiger partial charge in [0.1, 0.15) is 6.61 Å². The highest BCUT2D eigenvalue weighted by Crippen LogP contribution is 2.31. The number of carbonyl (C=O) groups excluding carboxylic acids is 2. The van der Waals surface area contributed by atoms with E-state index in [4.69, 9.17) is 14.2 Å². The molecule has 0 aliphatic carbocycles. The molecule has 0 bridgehead atoms. The molecule has 35 heavy (non-hydrogen) atoms. The highest BCUT2D eigenvalue weighted by molar-refractivity contribution is 5.98. The molecule has 1 aromatic heterocycles. The van der Waals surface area contributed by atoms with Gasteiger partial charge in [-0.25, -0.2) is 4.79 Å². The zero-order valence-electron chi connectivity index (χ0n) is 19.3. The molecule has 4 aromatic rings. The first kappa shape index (κ1) is 22.5. The van der Waals surface area contributed by atoms with E-state index in [1.807, 2.05) is 59.4 Å². The molecule has 1 atom stereocenters. The van der Waals surface area contributed by atoms with Crippen molar-refractivity contribution in [2.24, 2.45) is 0 Å². The molecule has 8 nitrogen and oxygen atoms in total. The maximum Gasteiger partial charge on any atom is 0.338 e. The fraction of sp³-hybridized carbons (Fsp3) is 0.222. The lowest BCUT2D eigenvalue weighted by atomic mass is 10.0. The zero-order chi connectivity index (χ0) is 24.2. The lowest BCUT2D eigenvalue weighted by Crippen LogP contribution is -2.33. The molecule has 1 unspecified atom stereocenters. The summed E-state index contributed by atoms with van der Waals surface area (Å²) in [6, 6.07) is 20.2. The predicted molar refractivity (Wildman–Crippen MR) is 130 cm³/mol. The van der Waals surface area contributed by atoms with Crippen LogP contribution in [0.15, 0.2) is 72.9 Å². The number of hydrogen-bond donors (Lipinski definition) is 1. The van der Waals surface area contributed by atoms with E-state index in [0.717, 1.165) is 28.0 Å². The Labute approximate surface area is 202 Å². The molecule has 0 saturated heterocycles. The van der Waals surface area contributed by atoms with E-state index < -0.39 is 0 Å². The number of ether oxygens (including phenoxy) is 3. The van der Waals surface area contributed by atoms with Gasteiger partial charge in [0, 0.05) is 23.7 Å². The maximum absolute atomic E-state index is 12.7. The minimum atomic E-state index is -0.385. The number of carbonyl (C=O) groups is 2. The number of amides is 1. The molecule has 5 rings (SSSR count). The van der Waals surface area contributed by atoms with E-state index in [0.29, 0.717) is 37.2 Å². The summed E-state index contributed by atoms with van der Waals surface area (Å²) in [7, 11) is 1.36. The number of rotatable bonds is 7. The second kappa shape index (κ2) is 9.89. The number of nitrogens with one attached hydrogen (secondary N) is 1. The van der Waals surface area contributed by atoms with Crippen LogP contribution in [0.3, 0.4) is 0 Å². The summed E-state index contributed by atoms with van der Waals surface area (Å²) in [6.07, 6.45) is 2.27. The molecular weight excluding hydrogens is 446 g/mol. The van der Waals surface area contributed by atoms with Crippen molar-refractivity contribution < 1.29 is 23.8 Å². The van der Waals surface area contributed by atoms with Gasteiger partial charge in [-0.15, -0.1) is 0 Å². The Bertz CT molecular complexity index is 1380. The molecule has 0 spiro atoms. The van der Waals surface area contributed by atoms with Gasteiger partial charge < -0.3 is 19.5 Å². The van der Waals surface area contributed by atoms with E-state index in [9.17, 15) is 9.59 Å². The highest BCUT2D eigenvalue weighted by Gasteiger charge is 2.21. The van der Waals surface area contributed by atoms with Crippen LogP contribution in [0.5, 0.6) is 11.5 Å². The fourth-order valence-electron chi connectivity index (χ4n) is 4.13. The minimum absolute atomic E-state index is 0.158. The monoisotopic (exact) mass is 471 g/mol. The van der Waals surface area contributed by atoms with Gasteiger partial charge >= 0.3 is 5.97 Å². The molecule has 8 heteroatoms. The van der Waals surface area contributed by atoms with E-state index in [1.54, 1.807) is 18.2 Å². The molecule has 2 heterocycles. The molecule has 0 saturated carbocycles. The topological polar surface area (TPSA) is 91.7 Å². The highest BCUT2D eigenvalue weighted by atomic mass is 16.6. The van der Waals surface area contributed by atoms with Crippen molar-refractivity contribution in [3.8, 4) is 11.5 Å². The summed E-state index contributed by atoms with van der Waals surface area (Å²) in [5.74, 6) is 0.909. The van der Waals surface area contributed by atoms with Gasteiger partial charge in [-0.2, -0.15) is 5.10 Å². The molecular formula is C27H25N3O5. The number of benzene rings is 3. The van der Waals surface area contributed by atoms with Gasteiger partial charge in [0.2, 0.25) is 0 Å². The summed E-state index contributed by atoms with van der Waals surface area (Å²) in [6.45, 7) is 1.37. The van der Waals surface area contributed by atoms with Crippen molar-refractivity contribution in [2.45, 2.75) is 19.1 Å². The SMILES string of the molecule is COC(=O)c1ccccc1CCNC(=O)c1ccc2nn(CC3COc4ccccc4O3)cc2c1. The van der Waals surface area contributed by atoms with Crippen molar-refractivity contribution in [3.05, 3.63) is 89.6 Å². The van der Waals surface area contributed by atoms with Gasteiger partial charge in [0.05, 0.1) is 24.7 Å². The first-order valence-corrected chi connectivity index (χ1v) is 11.4. The molecule has 1 N–H and O–H groups in total. The van der Waals surface area contributed by atoms with Gasteiger partial charge in [-0.05, 0) is 48.4 Å². The number of aromatic nitrogens is 2. The van der Waals surface area contributed by atoms with E-state index in [1.165, 1.54) is 7.11 Å². The van der Waals surface area contributed by atoms with Crippen LogP contribution in [0.4, 0.5) is 0 Å². The summed E-state index contributed by atoms with van der Waals surface area (Å²) >= 11 is 0. The van der Waals surface area contributed by atoms with Crippen molar-refractivity contribution in [3.63, 3.8) is 0 Å². The number of methoxy groups -OCH3 is 1. The van der Waals surface area contributed by atoms with Crippen LogP contribution in [0.25, 0.3) is 10.9 Å². The molecule has 1 aliphatic rings. The molecule has 0 fully saturated rings. The molecule has 178 valence electrons. The van der Waals surface area contributed by atoms with Crippen LogP contribution in [-0.4, -0.2) is 48.0 Å². The average Bonchev–Trinajstić information content (AvgIpc) is 3.29. The quantitative estimate of drug-likeness (QED) is 0.414. The van der Waals surface area contributed by atoms with Gasteiger partial charge in [0.15, 0.2) is 17.6 Å². The number of para-hydroxylation sites is 2. The Morgan fingerprint density at radius 3 is 2.74 bits per heavy atom. The number of fused-ring (bicyclic) bond motifs is 2. The van der Waals surface area contributed by atoms with Crippen LogP contribution in [0, 0.1) is 0 Å². The summed E-state index contributed by atoms with van der Waals surface area (Å²) in [4.78, 5) is 24.7. The third-order valence-electron chi connectivity index (χ3n) is 5.87. The smallest absolute Gasteiger partial charge is 0.338 e. The Hall–Kier alpha value is -4.33. The third kappa shape index (κ3) is 4.96. The second-order valence-electron chi connectivity index (χ2n) is 8.28. The van der Waals surface area contributed by atoms with Crippen molar-refractivity contribution in [2.75, 3.05) is 20.3 Å². The lowest BCUT2D eigenvalue weighted by Gasteiger charge is -2.26. The Balaban J connectivity index is 1.21.